The van der Waals surface area contributed by atoms with Crippen LogP contribution in [0.1, 0.15) is 40.5 Å². The van der Waals surface area contributed by atoms with Crippen LogP contribution in [0, 0.1) is 28.6 Å². The van der Waals surface area contributed by atoms with Crippen molar-refractivity contribution in [2.75, 3.05) is 0 Å². The van der Waals surface area contributed by atoms with Crippen molar-refractivity contribution < 1.29 is 24.9 Å². The Balaban J connectivity index is 2.67. The molecule has 5 heteroatoms. The Morgan fingerprint density at radius 2 is 1.85 bits per heavy atom. The van der Waals surface area contributed by atoms with Crippen LogP contribution in [0.4, 0.5) is 0 Å². The number of rotatable bonds is 2. The summed E-state index contributed by atoms with van der Waals surface area (Å²) in [5, 5.41) is 31.3. The van der Waals surface area contributed by atoms with Crippen molar-refractivity contribution in [3.63, 3.8) is 0 Å². The molecule has 2 rings (SSSR count). The van der Waals surface area contributed by atoms with Crippen LogP contribution in [0.2, 0.25) is 0 Å². The zero-order chi connectivity index (χ0) is 15.5. The van der Waals surface area contributed by atoms with E-state index < -0.39 is 40.3 Å². The zero-order valence-corrected chi connectivity index (χ0v) is 12.5. The molecular formula is C15H24O5. The lowest BCUT2D eigenvalue weighted by Crippen LogP contribution is -2.64. The van der Waals surface area contributed by atoms with Crippen molar-refractivity contribution in [1.82, 2.24) is 0 Å². The number of carboxylic acid groups (broad SMARTS) is 1. The lowest BCUT2D eigenvalue weighted by Gasteiger charge is -2.52. The molecule has 114 valence electrons. The van der Waals surface area contributed by atoms with E-state index >= 15 is 0 Å². The third-order valence-electron chi connectivity index (χ3n) is 5.75. The molecule has 6 unspecified atom stereocenters. The molecule has 0 saturated heterocycles. The fourth-order valence-electron chi connectivity index (χ4n) is 5.07. The van der Waals surface area contributed by atoms with Crippen LogP contribution in [-0.4, -0.2) is 39.3 Å². The molecule has 0 aromatic carbocycles. The van der Waals surface area contributed by atoms with Gasteiger partial charge in [0.15, 0.2) is 0 Å². The predicted molar refractivity (Wildman–Crippen MR) is 71.9 cm³/mol. The fourth-order valence-corrected chi connectivity index (χ4v) is 5.07. The van der Waals surface area contributed by atoms with Gasteiger partial charge in [-0.2, -0.15) is 0 Å². The molecule has 0 aromatic heterocycles. The third-order valence-corrected chi connectivity index (χ3v) is 5.75. The van der Waals surface area contributed by atoms with Crippen molar-refractivity contribution in [1.29, 1.82) is 0 Å². The number of carbonyl (C=O) groups excluding carboxylic acids is 1. The Kier molecular flexibility index (Phi) is 3.30. The van der Waals surface area contributed by atoms with E-state index in [-0.39, 0.29) is 12.3 Å². The van der Waals surface area contributed by atoms with E-state index in [1.54, 1.807) is 6.92 Å². The topological polar surface area (TPSA) is 94.8 Å². The second-order valence-corrected chi connectivity index (χ2v) is 7.55. The Morgan fingerprint density at radius 1 is 1.30 bits per heavy atom. The lowest BCUT2D eigenvalue weighted by molar-refractivity contribution is -0.206. The minimum absolute atomic E-state index is 0.240. The van der Waals surface area contributed by atoms with Crippen LogP contribution >= 0.6 is 0 Å². The number of fused-ring (bicyclic) bond motifs is 1. The summed E-state index contributed by atoms with van der Waals surface area (Å²) in [6, 6.07) is 0. The summed E-state index contributed by atoms with van der Waals surface area (Å²) >= 11 is 0. The maximum Gasteiger partial charge on any atom is 0.312 e. The summed E-state index contributed by atoms with van der Waals surface area (Å²) in [6.07, 6.45) is 0.536. The standard InChI is InChI=1S/C15H24O5/c1-8-5-10(17)11-13(2,3)7-14(4,12(18)19)15(11,20)9(8)6-16/h6,8-11,17,20H,5,7H2,1-4H3,(H,18,19). The van der Waals surface area contributed by atoms with Gasteiger partial charge in [-0.25, -0.2) is 0 Å². The summed E-state index contributed by atoms with van der Waals surface area (Å²) in [5.41, 5.74) is -3.67. The van der Waals surface area contributed by atoms with Gasteiger partial charge in [-0.3, -0.25) is 4.79 Å². The van der Waals surface area contributed by atoms with Crippen LogP contribution in [0.15, 0.2) is 0 Å². The number of aldehydes is 1. The van der Waals surface area contributed by atoms with Gasteiger partial charge in [0.2, 0.25) is 0 Å². The molecule has 0 heterocycles. The molecule has 3 N–H and O–H groups in total. The molecule has 0 amide bonds. The van der Waals surface area contributed by atoms with Gasteiger partial charge in [0.1, 0.15) is 6.29 Å². The van der Waals surface area contributed by atoms with Crippen LogP contribution in [0.5, 0.6) is 0 Å². The van der Waals surface area contributed by atoms with Gasteiger partial charge in [-0.05, 0) is 31.1 Å². The minimum Gasteiger partial charge on any atom is -0.481 e. The van der Waals surface area contributed by atoms with Crippen LogP contribution < -0.4 is 0 Å². The highest BCUT2D eigenvalue weighted by atomic mass is 16.4. The second-order valence-electron chi connectivity index (χ2n) is 7.55. The van der Waals surface area contributed by atoms with Gasteiger partial charge in [0, 0.05) is 11.8 Å². The molecule has 2 aliphatic rings. The van der Waals surface area contributed by atoms with Gasteiger partial charge in [-0.1, -0.05) is 20.8 Å². The number of carbonyl (C=O) groups is 2. The van der Waals surface area contributed by atoms with E-state index in [9.17, 15) is 24.9 Å². The highest BCUT2D eigenvalue weighted by Crippen LogP contribution is 2.65. The first kappa shape index (κ1) is 15.4. The molecule has 2 aliphatic carbocycles. The fraction of sp³-hybridized carbons (Fsp3) is 0.867. The summed E-state index contributed by atoms with van der Waals surface area (Å²) in [5.74, 6) is -2.72. The quantitative estimate of drug-likeness (QED) is 0.659. The monoisotopic (exact) mass is 284 g/mol. The SMILES string of the molecule is CC1CC(O)C2C(C)(C)CC(C)(C(=O)O)C2(O)C1C=O. The molecule has 0 radical (unpaired) electrons. The van der Waals surface area contributed by atoms with Crippen molar-refractivity contribution in [3.8, 4) is 0 Å². The maximum absolute atomic E-state index is 11.8. The molecule has 20 heavy (non-hydrogen) atoms. The van der Waals surface area contributed by atoms with E-state index in [0.29, 0.717) is 12.7 Å². The van der Waals surface area contributed by atoms with E-state index in [1.165, 1.54) is 6.92 Å². The first-order chi connectivity index (χ1) is 9.02. The number of aliphatic hydroxyl groups is 2. The normalized spacial score (nSPS) is 50.5. The molecule has 0 spiro atoms. The molecule has 0 aromatic rings. The van der Waals surface area contributed by atoms with E-state index in [0.717, 1.165) is 0 Å². The van der Waals surface area contributed by atoms with Crippen LogP contribution in [0.25, 0.3) is 0 Å². The first-order valence-electron chi connectivity index (χ1n) is 7.11. The molecule has 0 aliphatic heterocycles. The first-order valence-corrected chi connectivity index (χ1v) is 7.11. The summed E-state index contributed by atoms with van der Waals surface area (Å²) in [7, 11) is 0. The van der Waals surface area contributed by atoms with Crippen molar-refractivity contribution in [3.05, 3.63) is 0 Å². The van der Waals surface area contributed by atoms with Gasteiger partial charge >= 0.3 is 5.97 Å². The summed E-state index contributed by atoms with van der Waals surface area (Å²) in [6.45, 7) is 7.00. The number of hydrogen-bond donors (Lipinski definition) is 3. The van der Waals surface area contributed by atoms with Crippen LogP contribution in [0.3, 0.4) is 0 Å². The molecule has 2 saturated carbocycles. The Labute approximate surface area is 119 Å². The molecular weight excluding hydrogens is 260 g/mol. The predicted octanol–water partition coefficient (Wildman–Crippen LogP) is 1.07. The molecule has 0 bridgehead atoms. The zero-order valence-electron chi connectivity index (χ0n) is 12.5. The Hall–Kier alpha value is -0.940. The van der Waals surface area contributed by atoms with E-state index in [2.05, 4.69) is 0 Å². The van der Waals surface area contributed by atoms with Gasteiger partial charge in [0.25, 0.3) is 0 Å². The highest BCUT2D eigenvalue weighted by Gasteiger charge is 2.73. The average Bonchev–Trinajstić information content (AvgIpc) is 2.43. The van der Waals surface area contributed by atoms with Crippen molar-refractivity contribution >= 4 is 12.3 Å². The summed E-state index contributed by atoms with van der Waals surface area (Å²) in [4.78, 5) is 23.3. The lowest BCUT2D eigenvalue weighted by atomic mass is 9.56. The van der Waals surface area contributed by atoms with Gasteiger partial charge in [-0.15, -0.1) is 0 Å². The molecule has 6 atom stereocenters. The smallest absolute Gasteiger partial charge is 0.312 e. The molecule has 2 fully saturated rings. The number of aliphatic hydroxyl groups excluding tert-OH is 1. The van der Waals surface area contributed by atoms with E-state index in [1.807, 2.05) is 13.8 Å². The average molecular weight is 284 g/mol. The minimum atomic E-state index is -1.71. The van der Waals surface area contributed by atoms with Gasteiger partial charge in [0.05, 0.1) is 17.1 Å². The second kappa shape index (κ2) is 4.28. The Bertz CT molecular complexity index is 446. The van der Waals surface area contributed by atoms with Crippen molar-refractivity contribution in [2.45, 2.75) is 52.2 Å². The van der Waals surface area contributed by atoms with E-state index in [4.69, 9.17) is 0 Å². The Morgan fingerprint density at radius 3 is 2.30 bits per heavy atom. The van der Waals surface area contributed by atoms with Crippen molar-refractivity contribution in [2.24, 2.45) is 28.6 Å². The highest BCUT2D eigenvalue weighted by molar-refractivity contribution is 5.78. The third kappa shape index (κ3) is 1.62. The number of aliphatic carboxylic acids is 1. The number of hydrogen-bond acceptors (Lipinski definition) is 4. The largest absolute Gasteiger partial charge is 0.481 e. The maximum atomic E-state index is 11.8. The van der Waals surface area contributed by atoms with Crippen LogP contribution in [-0.2, 0) is 9.59 Å². The summed E-state index contributed by atoms with van der Waals surface area (Å²) < 4.78 is 0. The van der Waals surface area contributed by atoms with Gasteiger partial charge < -0.3 is 20.1 Å². The number of carboxylic acids is 1. The molecule has 5 nitrogen and oxygen atoms in total.